The van der Waals surface area contributed by atoms with Gasteiger partial charge in [0.15, 0.2) is 6.10 Å². The molecule has 9 nitrogen and oxygen atoms in total. The molecule has 1 atom stereocenters. The van der Waals surface area contributed by atoms with Gasteiger partial charge in [0.05, 0.1) is 11.5 Å². The maximum Gasteiger partial charge on any atom is 0.334 e. The van der Waals surface area contributed by atoms with E-state index >= 15 is 0 Å². The molecule has 0 bridgehead atoms. The van der Waals surface area contributed by atoms with Gasteiger partial charge in [-0.25, -0.2) is 9.59 Å². The van der Waals surface area contributed by atoms with Crippen LogP contribution in [0.5, 0.6) is 0 Å². The molecule has 0 radical (unpaired) electrons. The maximum atomic E-state index is 11.6. The summed E-state index contributed by atoms with van der Waals surface area (Å²) >= 11 is 0. The largest absolute Gasteiger partial charge is 0.479 e. The van der Waals surface area contributed by atoms with Gasteiger partial charge in [-0.2, -0.15) is 0 Å². The van der Waals surface area contributed by atoms with E-state index in [1.807, 2.05) is 0 Å². The second kappa shape index (κ2) is 7.20. The van der Waals surface area contributed by atoms with Crippen molar-refractivity contribution < 1.29 is 24.4 Å². The molecule has 0 aliphatic heterocycles. The first-order valence-electron chi connectivity index (χ1n) is 5.90. The Kier molecular flexibility index (Phi) is 5.61. The fourth-order valence-electron chi connectivity index (χ4n) is 1.53. The van der Waals surface area contributed by atoms with Crippen LogP contribution in [0, 0.1) is 17.0 Å². The van der Waals surface area contributed by atoms with E-state index in [4.69, 9.17) is 5.11 Å². The molecule has 3 N–H and O–H groups in total. The maximum absolute atomic E-state index is 11.6. The number of aliphatic carboxylic acids is 1. The Morgan fingerprint density at radius 2 is 2.14 bits per heavy atom. The summed E-state index contributed by atoms with van der Waals surface area (Å²) in [5, 5.41) is 24.2. The normalized spacial score (nSPS) is 11.5. The highest BCUT2D eigenvalue weighted by atomic mass is 16.6. The van der Waals surface area contributed by atoms with Crippen LogP contribution in [-0.2, 0) is 9.53 Å². The number of anilines is 1. The molecule has 0 saturated carbocycles. The van der Waals surface area contributed by atoms with Crippen LogP contribution in [0.2, 0.25) is 0 Å². The second-order valence-electron chi connectivity index (χ2n) is 4.15. The van der Waals surface area contributed by atoms with Crippen LogP contribution in [0.1, 0.15) is 5.56 Å². The minimum absolute atomic E-state index is 0.0798. The Balaban J connectivity index is 2.63. The highest BCUT2D eigenvalue weighted by Gasteiger charge is 2.17. The van der Waals surface area contributed by atoms with E-state index in [1.165, 1.54) is 25.3 Å². The molecule has 0 aliphatic carbocycles. The zero-order valence-electron chi connectivity index (χ0n) is 11.5. The van der Waals surface area contributed by atoms with Crippen LogP contribution >= 0.6 is 0 Å². The Hall–Kier alpha value is -2.68. The first kappa shape index (κ1) is 16.4. The zero-order valence-corrected chi connectivity index (χ0v) is 11.5. The molecule has 9 heteroatoms. The van der Waals surface area contributed by atoms with E-state index in [1.54, 1.807) is 6.92 Å². The van der Waals surface area contributed by atoms with Crippen molar-refractivity contribution in [3.8, 4) is 0 Å². The third kappa shape index (κ3) is 4.73. The van der Waals surface area contributed by atoms with E-state index in [-0.39, 0.29) is 12.2 Å². The van der Waals surface area contributed by atoms with E-state index in [0.29, 0.717) is 11.3 Å². The molecule has 114 valence electrons. The van der Waals surface area contributed by atoms with E-state index in [0.717, 1.165) is 0 Å². The van der Waals surface area contributed by atoms with Gasteiger partial charge in [-0.05, 0) is 18.6 Å². The first-order valence-corrected chi connectivity index (χ1v) is 5.90. The van der Waals surface area contributed by atoms with Crippen LogP contribution in [0.4, 0.5) is 16.2 Å². The average molecular weight is 297 g/mol. The number of nitro groups is 1. The van der Waals surface area contributed by atoms with Gasteiger partial charge in [-0.15, -0.1) is 0 Å². The van der Waals surface area contributed by atoms with Gasteiger partial charge in [0.1, 0.15) is 0 Å². The summed E-state index contributed by atoms with van der Waals surface area (Å²) < 4.78 is 4.66. The summed E-state index contributed by atoms with van der Waals surface area (Å²) in [6, 6.07) is 3.36. The lowest BCUT2D eigenvalue weighted by molar-refractivity contribution is -0.384. The number of urea groups is 1. The van der Waals surface area contributed by atoms with Crippen LogP contribution in [0.3, 0.4) is 0 Å². The van der Waals surface area contributed by atoms with Crippen molar-refractivity contribution in [2.75, 3.05) is 19.0 Å². The van der Waals surface area contributed by atoms with E-state index in [2.05, 4.69) is 15.4 Å². The Bertz CT molecular complexity index is 560. The monoisotopic (exact) mass is 297 g/mol. The number of nitro benzene ring substituents is 1. The Morgan fingerprint density at radius 1 is 1.48 bits per heavy atom. The van der Waals surface area contributed by atoms with E-state index in [9.17, 15) is 19.7 Å². The minimum Gasteiger partial charge on any atom is -0.479 e. The fourth-order valence-corrected chi connectivity index (χ4v) is 1.53. The number of methoxy groups -OCH3 is 1. The van der Waals surface area contributed by atoms with Crippen molar-refractivity contribution >= 4 is 23.4 Å². The first-order chi connectivity index (χ1) is 9.85. The number of amides is 2. The van der Waals surface area contributed by atoms with Crippen molar-refractivity contribution in [3.63, 3.8) is 0 Å². The predicted molar refractivity (Wildman–Crippen MR) is 73.3 cm³/mol. The number of nitrogens with one attached hydrogen (secondary N) is 2. The molecule has 0 fully saturated rings. The zero-order chi connectivity index (χ0) is 16.0. The molecule has 0 spiro atoms. The standard InChI is InChI=1S/C12H15N3O6/c1-7-5-8(15(19)20)3-4-9(7)14-12(18)13-6-10(21-2)11(16)17/h3-5,10H,6H2,1-2H3,(H,16,17)(H2,13,14,18). The van der Waals surface area contributed by atoms with Gasteiger partial charge in [-0.3, -0.25) is 10.1 Å². The van der Waals surface area contributed by atoms with Crippen LogP contribution in [-0.4, -0.2) is 41.8 Å². The minimum atomic E-state index is -1.19. The predicted octanol–water partition coefficient (Wildman–Crippen LogP) is 1.12. The number of carbonyl (C=O) groups excluding carboxylic acids is 1. The van der Waals surface area contributed by atoms with Crippen LogP contribution < -0.4 is 10.6 Å². The van der Waals surface area contributed by atoms with Gasteiger partial charge in [0.2, 0.25) is 0 Å². The number of carboxylic acids is 1. The quantitative estimate of drug-likeness (QED) is 0.532. The summed E-state index contributed by atoms with van der Waals surface area (Å²) in [6.07, 6.45) is -1.14. The van der Waals surface area contributed by atoms with Crippen molar-refractivity contribution in [1.82, 2.24) is 5.32 Å². The number of rotatable bonds is 6. The van der Waals surface area contributed by atoms with Crippen LogP contribution in [0.15, 0.2) is 18.2 Å². The molecule has 2 amide bonds. The number of aryl methyl sites for hydroxylation is 1. The third-order valence-corrected chi connectivity index (χ3v) is 2.68. The van der Waals surface area contributed by atoms with E-state index < -0.39 is 23.0 Å². The molecule has 0 saturated heterocycles. The molecule has 1 unspecified atom stereocenters. The van der Waals surface area contributed by atoms with Gasteiger partial charge in [-0.1, -0.05) is 0 Å². The summed E-state index contributed by atoms with van der Waals surface area (Å²) in [5.74, 6) is -1.19. The molecular formula is C12H15N3O6. The number of hydrogen-bond donors (Lipinski definition) is 3. The molecule has 1 aromatic carbocycles. The van der Waals surface area contributed by atoms with Gasteiger partial charge >= 0.3 is 12.0 Å². The van der Waals surface area contributed by atoms with Crippen molar-refractivity contribution in [2.45, 2.75) is 13.0 Å². The summed E-state index contributed by atoms with van der Waals surface area (Å²) in [5.41, 5.74) is 0.826. The number of non-ortho nitro benzene ring substituents is 1. The number of ether oxygens (including phenoxy) is 1. The number of hydrogen-bond acceptors (Lipinski definition) is 5. The topological polar surface area (TPSA) is 131 Å². The number of carboxylic acid groups (broad SMARTS) is 1. The van der Waals surface area contributed by atoms with Crippen LogP contribution in [0.25, 0.3) is 0 Å². The Labute approximate surface area is 120 Å². The smallest absolute Gasteiger partial charge is 0.334 e. The van der Waals surface area contributed by atoms with Gasteiger partial charge in [0.25, 0.3) is 5.69 Å². The lowest BCUT2D eigenvalue weighted by atomic mass is 10.2. The molecular weight excluding hydrogens is 282 g/mol. The third-order valence-electron chi connectivity index (χ3n) is 2.68. The molecule has 1 rings (SSSR count). The van der Waals surface area contributed by atoms with Crippen molar-refractivity contribution in [2.24, 2.45) is 0 Å². The number of nitrogens with zero attached hydrogens (tertiary/aromatic N) is 1. The lowest BCUT2D eigenvalue weighted by Gasteiger charge is -2.13. The Morgan fingerprint density at radius 3 is 2.62 bits per heavy atom. The highest BCUT2D eigenvalue weighted by Crippen LogP contribution is 2.20. The summed E-state index contributed by atoms with van der Waals surface area (Å²) in [4.78, 5) is 32.4. The highest BCUT2D eigenvalue weighted by molar-refractivity contribution is 5.90. The number of carbonyl (C=O) groups is 2. The summed E-state index contributed by atoms with van der Waals surface area (Å²) in [6.45, 7) is 1.40. The second-order valence-corrected chi connectivity index (χ2v) is 4.15. The summed E-state index contributed by atoms with van der Waals surface area (Å²) in [7, 11) is 1.22. The fraction of sp³-hybridized carbons (Fsp3) is 0.333. The molecule has 0 heterocycles. The van der Waals surface area contributed by atoms with Gasteiger partial charge < -0.3 is 20.5 Å². The SMILES string of the molecule is COC(CNC(=O)Nc1ccc([N+](=O)[O-])cc1C)C(=O)O. The lowest BCUT2D eigenvalue weighted by Crippen LogP contribution is -2.39. The van der Waals surface area contributed by atoms with Gasteiger partial charge in [0, 0.05) is 24.9 Å². The molecule has 0 aliphatic rings. The molecule has 0 aromatic heterocycles. The average Bonchev–Trinajstić information content (AvgIpc) is 2.41. The van der Waals surface area contributed by atoms with Crippen molar-refractivity contribution in [1.29, 1.82) is 0 Å². The molecule has 21 heavy (non-hydrogen) atoms. The van der Waals surface area contributed by atoms with Crippen molar-refractivity contribution in [3.05, 3.63) is 33.9 Å². The number of benzene rings is 1. The molecule has 1 aromatic rings.